The molecule has 4 nitrogen and oxygen atoms in total. The van der Waals surface area contributed by atoms with Crippen LogP contribution in [-0.2, 0) is 6.42 Å². The topological polar surface area (TPSA) is 47.6 Å². The SMILES string of the molecule is CC(C)CCOc1cccc(C(=O)Nc2ccc(OCCCc3ccccc3)cc2)c1. The van der Waals surface area contributed by atoms with Crippen molar-refractivity contribution in [3.63, 3.8) is 0 Å². The van der Waals surface area contributed by atoms with E-state index in [0.717, 1.165) is 30.7 Å². The summed E-state index contributed by atoms with van der Waals surface area (Å²) in [6.45, 7) is 5.63. The van der Waals surface area contributed by atoms with Gasteiger partial charge in [-0.3, -0.25) is 4.79 Å². The van der Waals surface area contributed by atoms with Crippen LogP contribution >= 0.6 is 0 Å². The fraction of sp³-hybridized carbons (Fsp3) is 0.296. The van der Waals surface area contributed by atoms with E-state index in [1.807, 2.05) is 42.5 Å². The van der Waals surface area contributed by atoms with E-state index in [1.54, 1.807) is 12.1 Å². The van der Waals surface area contributed by atoms with E-state index in [4.69, 9.17) is 9.47 Å². The number of amides is 1. The first-order valence-corrected chi connectivity index (χ1v) is 10.9. The molecule has 1 amide bonds. The van der Waals surface area contributed by atoms with Crippen LogP contribution in [-0.4, -0.2) is 19.1 Å². The van der Waals surface area contributed by atoms with Gasteiger partial charge < -0.3 is 14.8 Å². The lowest BCUT2D eigenvalue weighted by Gasteiger charge is -2.10. The molecule has 1 N–H and O–H groups in total. The van der Waals surface area contributed by atoms with Gasteiger partial charge in [0.25, 0.3) is 5.91 Å². The van der Waals surface area contributed by atoms with Gasteiger partial charge in [0.15, 0.2) is 0 Å². The summed E-state index contributed by atoms with van der Waals surface area (Å²) in [5.41, 5.74) is 2.62. The Bertz CT molecular complexity index is 936. The molecule has 0 aliphatic rings. The summed E-state index contributed by atoms with van der Waals surface area (Å²) in [6, 6.07) is 25.1. The van der Waals surface area contributed by atoms with Crippen LogP contribution in [0.4, 0.5) is 5.69 Å². The van der Waals surface area contributed by atoms with Crippen LogP contribution in [0.2, 0.25) is 0 Å². The summed E-state index contributed by atoms with van der Waals surface area (Å²) in [6.07, 6.45) is 2.93. The molecule has 3 aromatic carbocycles. The molecule has 0 aliphatic heterocycles. The molecule has 0 spiro atoms. The quantitative estimate of drug-likeness (QED) is 0.369. The fourth-order valence-corrected chi connectivity index (χ4v) is 3.09. The van der Waals surface area contributed by atoms with E-state index in [-0.39, 0.29) is 5.91 Å². The highest BCUT2D eigenvalue weighted by Crippen LogP contribution is 2.19. The molecular weight excluding hydrogens is 386 g/mol. The molecular formula is C27H31NO3. The zero-order valence-corrected chi connectivity index (χ0v) is 18.3. The van der Waals surface area contributed by atoms with Gasteiger partial charge in [0, 0.05) is 11.3 Å². The number of aryl methyl sites for hydroxylation is 1. The number of ether oxygens (including phenoxy) is 2. The highest BCUT2D eigenvalue weighted by atomic mass is 16.5. The first kappa shape index (κ1) is 22.4. The molecule has 162 valence electrons. The molecule has 0 unspecified atom stereocenters. The lowest BCUT2D eigenvalue weighted by molar-refractivity contribution is 0.102. The molecule has 0 aromatic heterocycles. The Balaban J connectivity index is 1.45. The van der Waals surface area contributed by atoms with E-state index in [9.17, 15) is 4.79 Å². The van der Waals surface area contributed by atoms with E-state index < -0.39 is 0 Å². The number of hydrogen-bond acceptors (Lipinski definition) is 3. The van der Waals surface area contributed by atoms with Gasteiger partial charge in [-0.05, 0) is 73.2 Å². The number of benzene rings is 3. The minimum absolute atomic E-state index is 0.161. The van der Waals surface area contributed by atoms with Gasteiger partial charge >= 0.3 is 0 Å². The van der Waals surface area contributed by atoms with Gasteiger partial charge in [-0.2, -0.15) is 0 Å². The van der Waals surface area contributed by atoms with E-state index in [0.29, 0.717) is 30.4 Å². The van der Waals surface area contributed by atoms with Crippen molar-refractivity contribution in [2.24, 2.45) is 5.92 Å². The number of hydrogen-bond donors (Lipinski definition) is 1. The summed E-state index contributed by atoms with van der Waals surface area (Å²) < 4.78 is 11.6. The monoisotopic (exact) mass is 417 g/mol. The molecule has 4 heteroatoms. The van der Waals surface area contributed by atoms with Gasteiger partial charge in [0.2, 0.25) is 0 Å². The zero-order chi connectivity index (χ0) is 21.9. The Morgan fingerprint density at radius 2 is 1.58 bits per heavy atom. The van der Waals surface area contributed by atoms with Crippen molar-refractivity contribution in [2.45, 2.75) is 33.1 Å². The van der Waals surface area contributed by atoms with Crippen molar-refractivity contribution in [1.29, 1.82) is 0 Å². The maximum Gasteiger partial charge on any atom is 0.255 e. The minimum atomic E-state index is -0.161. The van der Waals surface area contributed by atoms with Crippen molar-refractivity contribution < 1.29 is 14.3 Å². The third-order valence-electron chi connectivity index (χ3n) is 4.89. The van der Waals surface area contributed by atoms with Crippen molar-refractivity contribution in [2.75, 3.05) is 18.5 Å². The lowest BCUT2D eigenvalue weighted by atomic mass is 10.1. The predicted octanol–water partition coefficient (Wildman–Crippen LogP) is 6.38. The van der Waals surface area contributed by atoms with Gasteiger partial charge in [0.05, 0.1) is 13.2 Å². The molecule has 0 heterocycles. The average Bonchev–Trinajstić information content (AvgIpc) is 2.78. The normalized spacial score (nSPS) is 10.7. The Kier molecular flexibility index (Phi) is 8.53. The van der Waals surface area contributed by atoms with Crippen LogP contribution in [0, 0.1) is 5.92 Å². The van der Waals surface area contributed by atoms with Crippen molar-refractivity contribution >= 4 is 11.6 Å². The van der Waals surface area contributed by atoms with Gasteiger partial charge in [-0.15, -0.1) is 0 Å². The Labute approximate surface area is 185 Å². The Morgan fingerprint density at radius 3 is 2.32 bits per heavy atom. The van der Waals surface area contributed by atoms with Crippen LogP contribution in [0.15, 0.2) is 78.9 Å². The molecule has 0 bridgehead atoms. The Hall–Kier alpha value is -3.27. The summed E-state index contributed by atoms with van der Waals surface area (Å²) >= 11 is 0. The molecule has 0 aliphatic carbocycles. The van der Waals surface area contributed by atoms with Crippen molar-refractivity contribution in [1.82, 2.24) is 0 Å². The van der Waals surface area contributed by atoms with Gasteiger partial charge in [-0.25, -0.2) is 0 Å². The molecule has 3 aromatic rings. The maximum absolute atomic E-state index is 12.6. The van der Waals surface area contributed by atoms with Crippen molar-refractivity contribution in [3.8, 4) is 11.5 Å². The molecule has 0 radical (unpaired) electrons. The summed E-state index contributed by atoms with van der Waals surface area (Å²) in [4.78, 5) is 12.6. The molecule has 0 fully saturated rings. The van der Waals surface area contributed by atoms with Gasteiger partial charge in [-0.1, -0.05) is 50.2 Å². The second-order valence-electron chi connectivity index (χ2n) is 7.97. The van der Waals surface area contributed by atoms with Crippen LogP contribution in [0.25, 0.3) is 0 Å². The third-order valence-corrected chi connectivity index (χ3v) is 4.89. The van der Waals surface area contributed by atoms with Crippen molar-refractivity contribution in [3.05, 3.63) is 90.0 Å². The first-order chi connectivity index (χ1) is 15.1. The highest BCUT2D eigenvalue weighted by Gasteiger charge is 2.08. The number of nitrogens with one attached hydrogen (secondary N) is 1. The molecule has 31 heavy (non-hydrogen) atoms. The van der Waals surface area contributed by atoms with Gasteiger partial charge in [0.1, 0.15) is 11.5 Å². The number of carbonyl (C=O) groups excluding carboxylic acids is 1. The zero-order valence-electron chi connectivity index (χ0n) is 18.3. The summed E-state index contributed by atoms with van der Waals surface area (Å²) in [5, 5.41) is 2.93. The lowest BCUT2D eigenvalue weighted by Crippen LogP contribution is -2.12. The molecule has 0 atom stereocenters. The maximum atomic E-state index is 12.6. The second-order valence-corrected chi connectivity index (χ2v) is 7.97. The van der Waals surface area contributed by atoms with Crippen LogP contribution in [0.3, 0.4) is 0 Å². The second kappa shape index (κ2) is 11.8. The first-order valence-electron chi connectivity index (χ1n) is 10.9. The van der Waals surface area contributed by atoms with Crippen LogP contribution in [0.1, 0.15) is 42.6 Å². The predicted molar refractivity (Wildman–Crippen MR) is 126 cm³/mol. The standard InChI is InChI=1S/C27H31NO3/c1-21(2)17-19-31-26-12-6-11-23(20-26)27(29)28-24-13-15-25(16-14-24)30-18-7-10-22-8-4-3-5-9-22/h3-6,8-9,11-16,20-21H,7,10,17-19H2,1-2H3,(H,28,29). The number of carbonyl (C=O) groups is 1. The fourth-order valence-electron chi connectivity index (χ4n) is 3.09. The smallest absolute Gasteiger partial charge is 0.255 e. The number of rotatable bonds is 11. The minimum Gasteiger partial charge on any atom is -0.494 e. The average molecular weight is 418 g/mol. The van der Waals surface area contributed by atoms with Crippen LogP contribution in [0.5, 0.6) is 11.5 Å². The third kappa shape index (κ3) is 7.82. The van der Waals surface area contributed by atoms with E-state index in [2.05, 4.69) is 43.4 Å². The molecule has 3 rings (SSSR count). The summed E-state index contributed by atoms with van der Waals surface area (Å²) in [5.74, 6) is 1.94. The Morgan fingerprint density at radius 1 is 0.839 bits per heavy atom. The molecule has 0 saturated heterocycles. The molecule has 0 saturated carbocycles. The van der Waals surface area contributed by atoms with E-state index >= 15 is 0 Å². The van der Waals surface area contributed by atoms with Crippen LogP contribution < -0.4 is 14.8 Å². The number of anilines is 1. The van der Waals surface area contributed by atoms with E-state index in [1.165, 1.54) is 5.56 Å². The summed E-state index contributed by atoms with van der Waals surface area (Å²) in [7, 11) is 0. The highest BCUT2D eigenvalue weighted by molar-refractivity contribution is 6.04. The largest absolute Gasteiger partial charge is 0.494 e.